The van der Waals surface area contributed by atoms with E-state index in [2.05, 4.69) is 17.6 Å². The van der Waals surface area contributed by atoms with Gasteiger partial charge in [0.1, 0.15) is 6.04 Å². The summed E-state index contributed by atoms with van der Waals surface area (Å²) >= 11 is 0. The molecular weight excluding hydrogens is 288 g/mol. The summed E-state index contributed by atoms with van der Waals surface area (Å²) in [5, 5.41) is 5.88. The number of benzene rings is 1. The predicted molar refractivity (Wildman–Crippen MR) is 89.9 cm³/mol. The molecule has 0 aliphatic heterocycles. The summed E-state index contributed by atoms with van der Waals surface area (Å²) in [6.07, 6.45) is 5.27. The third-order valence-electron chi connectivity index (χ3n) is 5.58. The predicted octanol–water partition coefficient (Wildman–Crippen LogP) is 2.75. The van der Waals surface area contributed by atoms with Crippen molar-refractivity contribution in [2.75, 3.05) is 0 Å². The van der Waals surface area contributed by atoms with Crippen LogP contribution < -0.4 is 10.6 Å². The van der Waals surface area contributed by atoms with E-state index in [0.29, 0.717) is 11.5 Å². The molecular formula is C19H26N2O2. The van der Waals surface area contributed by atoms with Gasteiger partial charge in [0.25, 0.3) is 5.91 Å². The number of nitrogens with one attached hydrogen (secondary N) is 2. The van der Waals surface area contributed by atoms with Crippen molar-refractivity contribution in [2.45, 2.75) is 51.6 Å². The average Bonchev–Trinajstić information content (AvgIpc) is 3.18. The monoisotopic (exact) mass is 314 g/mol. The van der Waals surface area contributed by atoms with E-state index in [0.717, 1.165) is 11.8 Å². The zero-order valence-corrected chi connectivity index (χ0v) is 13.9. The topological polar surface area (TPSA) is 58.2 Å². The van der Waals surface area contributed by atoms with Gasteiger partial charge in [-0.15, -0.1) is 0 Å². The summed E-state index contributed by atoms with van der Waals surface area (Å²) in [4.78, 5) is 24.5. The first-order valence-electron chi connectivity index (χ1n) is 8.71. The average molecular weight is 314 g/mol. The summed E-state index contributed by atoms with van der Waals surface area (Å²) in [5.74, 6) is 1.96. The first-order chi connectivity index (χ1) is 11.0. The molecule has 2 amide bonds. The summed E-state index contributed by atoms with van der Waals surface area (Å²) < 4.78 is 0. The van der Waals surface area contributed by atoms with E-state index in [9.17, 15) is 9.59 Å². The van der Waals surface area contributed by atoms with Crippen molar-refractivity contribution in [2.24, 2.45) is 17.8 Å². The van der Waals surface area contributed by atoms with E-state index >= 15 is 0 Å². The van der Waals surface area contributed by atoms with Gasteiger partial charge in [0.2, 0.25) is 5.91 Å². The van der Waals surface area contributed by atoms with Gasteiger partial charge in [-0.05, 0) is 63.0 Å². The molecule has 5 atom stereocenters. The smallest absolute Gasteiger partial charge is 0.251 e. The van der Waals surface area contributed by atoms with Crippen LogP contribution in [-0.4, -0.2) is 23.9 Å². The molecule has 4 heteroatoms. The van der Waals surface area contributed by atoms with Crippen molar-refractivity contribution >= 4 is 11.8 Å². The third kappa shape index (κ3) is 3.57. The van der Waals surface area contributed by atoms with Crippen LogP contribution in [0.4, 0.5) is 0 Å². The molecule has 23 heavy (non-hydrogen) atoms. The number of hydrogen-bond donors (Lipinski definition) is 2. The lowest BCUT2D eigenvalue weighted by Gasteiger charge is -2.29. The molecule has 3 rings (SSSR count). The highest BCUT2D eigenvalue weighted by Crippen LogP contribution is 2.49. The first-order valence-corrected chi connectivity index (χ1v) is 8.71. The maximum absolute atomic E-state index is 12.4. The molecule has 2 bridgehead atoms. The number of carbonyl (C=O) groups is 2. The highest BCUT2D eigenvalue weighted by molar-refractivity contribution is 5.97. The van der Waals surface area contributed by atoms with Crippen molar-refractivity contribution in [1.82, 2.24) is 10.6 Å². The Labute approximate surface area is 138 Å². The fraction of sp³-hybridized carbons (Fsp3) is 0.579. The second-order valence-electron chi connectivity index (χ2n) is 7.20. The molecule has 0 radical (unpaired) electrons. The molecule has 0 aromatic heterocycles. The van der Waals surface area contributed by atoms with Gasteiger partial charge in [-0.2, -0.15) is 0 Å². The molecule has 1 aromatic carbocycles. The molecule has 2 fully saturated rings. The largest absolute Gasteiger partial charge is 0.352 e. The Balaban J connectivity index is 1.50. The third-order valence-corrected chi connectivity index (χ3v) is 5.58. The lowest BCUT2D eigenvalue weighted by atomic mass is 9.84. The van der Waals surface area contributed by atoms with Crippen molar-refractivity contribution < 1.29 is 9.59 Å². The molecule has 1 aromatic rings. The van der Waals surface area contributed by atoms with Gasteiger partial charge < -0.3 is 10.6 Å². The molecule has 2 saturated carbocycles. The van der Waals surface area contributed by atoms with Crippen LogP contribution in [0.5, 0.6) is 0 Å². The number of rotatable bonds is 5. The Hall–Kier alpha value is -1.84. The van der Waals surface area contributed by atoms with Crippen molar-refractivity contribution in [3.05, 3.63) is 35.9 Å². The van der Waals surface area contributed by atoms with E-state index in [-0.39, 0.29) is 17.9 Å². The lowest BCUT2D eigenvalue weighted by Crippen LogP contribution is -2.49. The molecule has 4 nitrogen and oxygen atoms in total. The summed E-state index contributed by atoms with van der Waals surface area (Å²) in [6, 6.07) is 8.66. The molecule has 2 aliphatic rings. The van der Waals surface area contributed by atoms with Crippen LogP contribution in [0.2, 0.25) is 0 Å². The van der Waals surface area contributed by atoms with E-state index in [4.69, 9.17) is 0 Å². The SMILES string of the molecule is CC(NC(=O)c1ccccc1)C(=O)NC(C)C1CC2CCC1C2. The van der Waals surface area contributed by atoms with E-state index in [1.807, 2.05) is 18.2 Å². The second kappa shape index (κ2) is 6.73. The van der Waals surface area contributed by atoms with Crippen LogP contribution in [0.1, 0.15) is 49.9 Å². The first kappa shape index (κ1) is 16.0. The van der Waals surface area contributed by atoms with E-state index in [1.54, 1.807) is 19.1 Å². The second-order valence-corrected chi connectivity index (χ2v) is 7.20. The lowest BCUT2D eigenvalue weighted by molar-refractivity contribution is -0.123. The van der Waals surface area contributed by atoms with Crippen LogP contribution in [-0.2, 0) is 4.79 Å². The van der Waals surface area contributed by atoms with Crippen molar-refractivity contribution in [3.8, 4) is 0 Å². The Morgan fingerprint density at radius 3 is 2.39 bits per heavy atom. The van der Waals surface area contributed by atoms with Crippen molar-refractivity contribution in [3.63, 3.8) is 0 Å². The number of fused-ring (bicyclic) bond motifs is 2. The highest BCUT2D eigenvalue weighted by Gasteiger charge is 2.42. The maximum atomic E-state index is 12.4. The normalized spacial score (nSPS) is 28.2. The van der Waals surface area contributed by atoms with Gasteiger partial charge in [-0.3, -0.25) is 9.59 Å². The molecule has 2 N–H and O–H groups in total. The van der Waals surface area contributed by atoms with Gasteiger partial charge in [-0.25, -0.2) is 0 Å². The van der Waals surface area contributed by atoms with Gasteiger partial charge >= 0.3 is 0 Å². The number of hydrogen-bond acceptors (Lipinski definition) is 2. The maximum Gasteiger partial charge on any atom is 0.251 e. The number of amides is 2. The van der Waals surface area contributed by atoms with Gasteiger partial charge in [0.05, 0.1) is 0 Å². The molecule has 0 heterocycles. The fourth-order valence-corrected chi connectivity index (χ4v) is 4.30. The summed E-state index contributed by atoms with van der Waals surface area (Å²) in [5.41, 5.74) is 0.577. The zero-order chi connectivity index (χ0) is 16.4. The minimum absolute atomic E-state index is 0.0930. The van der Waals surface area contributed by atoms with Gasteiger partial charge in [0, 0.05) is 11.6 Å². The zero-order valence-electron chi connectivity index (χ0n) is 13.9. The van der Waals surface area contributed by atoms with Gasteiger partial charge in [-0.1, -0.05) is 24.6 Å². The van der Waals surface area contributed by atoms with Crippen LogP contribution in [0, 0.1) is 17.8 Å². The van der Waals surface area contributed by atoms with Crippen LogP contribution in [0.3, 0.4) is 0 Å². The van der Waals surface area contributed by atoms with Crippen LogP contribution in [0.15, 0.2) is 30.3 Å². The molecule has 0 spiro atoms. The van der Waals surface area contributed by atoms with Crippen molar-refractivity contribution in [1.29, 1.82) is 0 Å². The summed E-state index contributed by atoms with van der Waals surface area (Å²) in [7, 11) is 0. The number of carbonyl (C=O) groups excluding carboxylic acids is 2. The Morgan fingerprint density at radius 1 is 1.04 bits per heavy atom. The Bertz CT molecular complexity index is 572. The van der Waals surface area contributed by atoms with Crippen LogP contribution in [0.25, 0.3) is 0 Å². The van der Waals surface area contributed by atoms with E-state index in [1.165, 1.54) is 25.7 Å². The van der Waals surface area contributed by atoms with Crippen LogP contribution >= 0.6 is 0 Å². The highest BCUT2D eigenvalue weighted by atomic mass is 16.2. The Kier molecular flexibility index (Phi) is 4.69. The fourth-order valence-electron chi connectivity index (χ4n) is 4.30. The molecule has 5 unspecified atom stereocenters. The molecule has 0 saturated heterocycles. The molecule has 2 aliphatic carbocycles. The minimum atomic E-state index is -0.524. The summed E-state index contributed by atoms with van der Waals surface area (Å²) in [6.45, 7) is 3.85. The van der Waals surface area contributed by atoms with E-state index < -0.39 is 6.04 Å². The molecule has 124 valence electrons. The van der Waals surface area contributed by atoms with Gasteiger partial charge in [0.15, 0.2) is 0 Å². The Morgan fingerprint density at radius 2 is 1.78 bits per heavy atom. The quantitative estimate of drug-likeness (QED) is 0.878. The standard InChI is InChI=1S/C19H26N2O2/c1-12(17-11-14-8-9-16(17)10-14)20-18(22)13(2)21-19(23)15-6-4-3-5-7-15/h3-7,12-14,16-17H,8-11H2,1-2H3,(H,20,22)(H,21,23). The minimum Gasteiger partial charge on any atom is -0.352 e.